The van der Waals surface area contributed by atoms with Crippen LogP contribution >= 0.6 is 0 Å². The van der Waals surface area contributed by atoms with Gasteiger partial charge in [-0.25, -0.2) is 4.39 Å². The molecule has 0 aliphatic heterocycles. The van der Waals surface area contributed by atoms with Gasteiger partial charge in [-0.2, -0.15) is 0 Å². The molecule has 0 aliphatic carbocycles. The minimum absolute atomic E-state index is 0.0937. The fourth-order valence-corrected chi connectivity index (χ4v) is 8.83. The lowest BCUT2D eigenvalue weighted by molar-refractivity contribution is -0.275. The quantitative estimate of drug-likeness (QED) is 0.0543. The number of halogens is 13. The Hall–Kier alpha value is -5.03. The number of benzene rings is 4. The summed E-state index contributed by atoms with van der Waals surface area (Å²) in [6.07, 6.45) is -15.3. The number of alkyl halides is 13. The monoisotopic (exact) mass is 1220 g/mol. The standard InChI is InChI=1S/2C16H24F3NO.C15H21F4NO.C15H22F3NO2/c1-11(10-20)5-6-12-9-13(21-16(17,18)19)7-8-14(12)15(2,3)4;1-11(20)6-5-7-12-10-13(21-16(17,18)19)8-9-14(12)15(2,3)4;1-14(2,3)13-7-6-12(21-15(17,18)19)8-10(13)4-5-11(16)9-20;1-14(2,3)13-7-6-12(21-15(16,17)18)8-10(13)4-5-11(20)9-19/h7-9,11H,5-6,10,20H2,1-4H3;8-11H,5-7,20H2,1-4H3;6-8,11H,4-5,9,20H2,1-3H3;6-8,11,20H,4-5,9,19H2,1-3H3. The third kappa shape index (κ3) is 31.9. The lowest BCUT2D eigenvalue weighted by Crippen LogP contribution is -2.22. The first-order chi connectivity index (χ1) is 38.1. The van der Waals surface area contributed by atoms with Crippen LogP contribution in [0.25, 0.3) is 0 Å². The Morgan fingerprint density at radius 2 is 0.667 bits per heavy atom. The summed E-state index contributed by atoms with van der Waals surface area (Å²) >= 11 is 0. The van der Waals surface area contributed by atoms with Crippen molar-refractivity contribution < 1.29 is 81.1 Å². The van der Waals surface area contributed by atoms with Crippen LogP contribution in [0.15, 0.2) is 72.8 Å². The zero-order valence-electron chi connectivity index (χ0n) is 51.0. The zero-order valence-corrected chi connectivity index (χ0v) is 51.0. The van der Waals surface area contributed by atoms with Crippen LogP contribution in [0, 0.1) is 5.92 Å². The minimum Gasteiger partial charge on any atom is -0.406 e. The second-order valence-corrected chi connectivity index (χ2v) is 25.0. The Bertz CT molecular complexity index is 2350. The molecule has 4 aromatic carbocycles. The molecule has 4 atom stereocenters. The molecule has 0 radical (unpaired) electrons. The van der Waals surface area contributed by atoms with Gasteiger partial charge in [-0.3, -0.25) is 0 Å². The van der Waals surface area contributed by atoms with Gasteiger partial charge in [-0.05, 0) is 192 Å². The van der Waals surface area contributed by atoms with Crippen molar-refractivity contribution in [3.8, 4) is 23.0 Å². The normalized spacial score (nSPS) is 14.1. The summed E-state index contributed by atoms with van der Waals surface area (Å²) in [5.41, 5.74) is 28.3. The summed E-state index contributed by atoms with van der Waals surface area (Å²) in [6.45, 7) is 28.6. The van der Waals surface area contributed by atoms with Gasteiger partial charge in [0.15, 0.2) is 0 Å². The van der Waals surface area contributed by atoms with Gasteiger partial charge >= 0.3 is 25.4 Å². The van der Waals surface area contributed by atoms with Gasteiger partial charge in [0.25, 0.3) is 0 Å². The zero-order chi connectivity index (χ0) is 65.0. The molecule has 9 nitrogen and oxygen atoms in total. The van der Waals surface area contributed by atoms with Crippen LogP contribution in [-0.4, -0.2) is 68.5 Å². The van der Waals surface area contributed by atoms with E-state index in [1.54, 1.807) is 24.3 Å². The van der Waals surface area contributed by atoms with Crippen LogP contribution in [-0.2, 0) is 47.3 Å². The number of aliphatic hydroxyl groups is 1. The lowest BCUT2D eigenvalue weighted by Gasteiger charge is -2.24. The Balaban J connectivity index is 0.000000560. The van der Waals surface area contributed by atoms with Crippen LogP contribution in [0.4, 0.5) is 57.1 Å². The van der Waals surface area contributed by atoms with Gasteiger partial charge in [-0.1, -0.05) is 114 Å². The minimum atomic E-state index is -4.74. The maximum absolute atomic E-state index is 13.3. The highest BCUT2D eigenvalue weighted by atomic mass is 19.4. The SMILES string of the molecule is CC(C)(C)c1ccc(OC(F)(F)F)cc1CCC(F)CN.CC(C)(C)c1ccc(OC(F)(F)F)cc1CCC(O)CN.CC(CN)CCc1cc(OC(F)(F)F)ccc1C(C)(C)C.CC(N)CCCc1cc(OC(F)(F)F)ccc1C(C)(C)C. The Morgan fingerprint density at radius 3 is 0.905 bits per heavy atom. The molecule has 4 unspecified atom stereocenters. The summed E-state index contributed by atoms with van der Waals surface area (Å²) in [5.74, 6) is -0.511. The fourth-order valence-electron chi connectivity index (χ4n) is 8.83. The number of aryl methyl sites for hydroxylation is 4. The fraction of sp³-hybridized carbons (Fsp3) is 0.613. The second-order valence-electron chi connectivity index (χ2n) is 25.0. The van der Waals surface area contributed by atoms with E-state index >= 15 is 0 Å². The average molecular weight is 1220 g/mol. The molecule has 0 aliphatic rings. The van der Waals surface area contributed by atoms with Gasteiger partial charge in [0.2, 0.25) is 0 Å². The van der Waals surface area contributed by atoms with E-state index in [9.17, 15) is 62.2 Å². The molecule has 0 fully saturated rings. The van der Waals surface area contributed by atoms with E-state index in [0.717, 1.165) is 58.2 Å². The van der Waals surface area contributed by atoms with Crippen molar-refractivity contribution in [1.82, 2.24) is 0 Å². The number of nitrogens with two attached hydrogens (primary N) is 4. The maximum Gasteiger partial charge on any atom is 0.573 e. The molecule has 0 aromatic heterocycles. The van der Waals surface area contributed by atoms with Gasteiger partial charge < -0.3 is 47.0 Å². The lowest BCUT2D eigenvalue weighted by atomic mass is 9.82. The molecule has 0 bridgehead atoms. The first-order valence-electron chi connectivity index (χ1n) is 27.8. The molecule has 4 rings (SSSR count). The van der Waals surface area contributed by atoms with Gasteiger partial charge in [0.05, 0.1) is 6.10 Å². The average Bonchev–Trinajstić information content (AvgIpc) is 3.25. The van der Waals surface area contributed by atoms with E-state index in [0.29, 0.717) is 50.1 Å². The first-order valence-corrected chi connectivity index (χ1v) is 27.8. The maximum atomic E-state index is 13.3. The van der Waals surface area contributed by atoms with Crippen LogP contribution in [0.5, 0.6) is 23.0 Å². The molecule has 0 amide bonds. The van der Waals surface area contributed by atoms with Crippen LogP contribution < -0.4 is 41.9 Å². The number of hydrogen-bond acceptors (Lipinski definition) is 9. The third-order valence-corrected chi connectivity index (χ3v) is 12.9. The molecule has 0 spiro atoms. The summed E-state index contributed by atoms with van der Waals surface area (Å²) in [6, 6.07) is 17.9. The Labute approximate surface area is 488 Å². The molecule has 9 N–H and O–H groups in total. The molecule has 0 heterocycles. The number of aliphatic hydroxyl groups excluding tert-OH is 1. The predicted molar refractivity (Wildman–Crippen MR) is 306 cm³/mol. The van der Waals surface area contributed by atoms with Crippen LogP contribution in [0.3, 0.4) is 0 Å². The summed E-state index contributed by atoms with van der Waals surface area (Å²) in [5, 5.41) is 9.53. The largest absolute Gasteiger partial charge is 0.573 e. The third-order valence-electron chi connectivity index (χ3n) is 12.9. The molecule has 22 heteroatoms. The molecule has 0 saturated carbocycles. The van der Waals surface area contributed by atoms with E-state index < -0.39 is 37.7 Å². The van der Waals surface area contributed by atoms with Crippen LogP contribution in [0.2, 0.25) is 0 Å². The molecular weight excluding hydrogens is 1130 g/mol. The van der Waals surface area contributed by atoms with Crippen molar-refractivity contribution >= 4 is 0 Å². The van der Waals surface area contributed by atoms with Crippen molar-refractivity contribution in [2.75, 3.05) is 19.6 Å². The molecule has 84 heavy (non-hydrogen) atoms. The van der Waals surface area contributed by atoms with E-state index in [2.05, 4.69) is 18.9 Å². The van der Waals surface area contributed by atoms with Gasteiger partial charge in [0.1, 0.15) is 29.2 Å². The van der Waals surface area contributed by atoms with Crippen molar-refractivity contribution in [1.29, 1.82) is 0 Å². The number of hydrogen-bond donors (Lipinski definition) is 5. The van der Waals surface area contributed by atoms with Crippen molar-refractivity contribution in [2.45, 2.75) is 220 Å². The smallest absolute Gasteiger partial charge is 0.406 e. The highest BCUT2D eigenvalue weighted by molar-refractivity contribution is 5.43. The first kappa shape index (κ1) is 77.0. The summed E-state index contributed by atoms with van der Waals surface area (Å²) in [4.78, 5) is 0. The van der Waals surface area contributed by atoms with Gasteiger partial charge in [-0.15, -0.1) is 52.7 Å². The second kappa shape index (κ2) is 32.6. The van der Waals surface area contributed by atoms with E-state index in [4.69, 9.17) is 22.9 Å². The molecule has 0 saturated heterocycles. The van der Waals surface area contributed by atoms with Crippen molar-refractivity contribution in [3.63, 3.8) is 0 Å². The van der Waals surface area contributed by atoms with E-state index in [1.165, 1.54) is 48.5 Å². The number of ether oxygens (including phenoxy) is 4. The van der Waals surface area contributed by atoms with E-state index in [1.807, 2.05) is 96.9 Å². The van der Waals surface area contributed by atoms with Crippen molar-refractivity contribution in [3.05, 3.63) is 117 Å². The highest BCUT2D eigenvalue weighted by Gasteiger charge is 2.35. The van der Waals surface area contributed by atoms with Gasteiger partial charge in [0, 0.05) is 19.1 Å². The summed E-state index contributed by atoms with van der Waals surface area (Å²) < 4.78 is 177. The Morgan fingerprint density at radius 1 is 0.393 bits per heavy atom. The Kier molecular flexibility index (Phi) is 29.9. The van der Waals surface area contributed by atoms with Crippen LogP contribution in [0.1, 0.15) is 174 Å². The highest BCUT2D eigenvalue weighted by Crippen LogP contribution is 2.37. The van der Waals surface area contributed by atoms with E-state index in [-0.39, 0.29) is 70.2 Å². The topological polar surface area (TPSA) is 161 Å². The summed E-state index contributed by atoms with van der Waals surface area (Å²) in [7, 11) is 0. The predicted octanol–water partition coefficient (Wildman–Crippen LogP) is 16.2. The molecule has 480 valence electrons. The van der Waals surface area contributed by atoms with Crippen molar-refractivity contribution in [2.24, 2.45) is 28.9 Å². The number of rotatable bonds is 20. The molecule has 4 aromatic rings. The molecular formula is C62H91F13N4O5.